The van der Waals surface area contributed by atoms with Gasteiger partial charge in [-0.1, -0.05) is 10.4 Å². The van der Waals surface area contributed by atoms with Gasteiger partial charge in [-0.2, -0.15) is 14.3 Å². The van der Waals surface area contributed by atoms with Gasteiger partial charge in [0, 0.05) is 6.42 Å². The van der Waals surface area contributed by atoms with E-state index in [4.69, 9.17) is 37.3 Å². The summed E-state index contributed by atoms with van der Waals surface area (Å²) in [6, 6.07) is 0. The van der Waals surface area contributed by atoms with Crippen molar-refractivity contribution in [2.75, 3.05) is 24.7 Å². The highest BCUT2D eigenvalue weighted by atomic mass is 32.5. The summed E-state index contributed by atoms with van der Waals surface area (Å²) in [7, 11) is 0. The predicted octanol–water partition coefficient (Wildman–Crippen LogP) is -2.13. The lowest BCUT2D eigenvalue weighted by molar-refractivity contribution is -0.0374. The van der Waals surface area contributed by atoms with Crippen LogP contribution in [0.4, 0.5) is 16.2 Å². The lowest BCUT2D eigenvalue weighted by Crippen LogP contribution is -2.29. The Labute approximate surface area is 232 Å². The van der Waals surface area contributed by atoms with E-state index >= 15 is 4.39 Å². The van der Waals surface area contributed by atoms with Crippen LogP contribution in [-0.2, 0) is 25.8 Å². The van der Waals surface area contributed by atoms with Gasteiger partial charge in [0.15, 0.2) is 53.3 Å². The number of ether oxygens (including phenoxy) is 2. The van der Waals surface area contributed by atoms with Crippen LogP contribution >= 0.6 is 6.49 Å². The summed E-state index contributed by atoms with van der Waals surface area (Å²) in [5, 5.41) is 35.7. The molecule has 22 heteroatoms. The fourth-order valence-electron chi connectivity index (χ4n) is 4.88. The van der Waals surface area contributed by atoms with Gasteiger partial charge in [-0.05, 0) is 18.2 Å². The van der Waals surface area contributed by atoms with Crippen molar-refractivity contribution in [2.45, 2.75) is 55.4 Å². The third-order valence-corrected chi connectivity index (χ3v) is 9.87. The number of nitrogens with one attached hydrogen (secondary N) is 1. The van der Waals surface area contributed by atoms with Crippen molar-refractivity contribution in [3.8, 4) is 0 Å². The molecule has 0 saturated carbocycles. The van der Waals surface area contributed by atoms with E-state index in [1.807, 2.05) is 0 Å². The Hall–Kier alpha value is -3.30. The maximum Gasteiger partial charge on any atom is 0.282 e. The van der Waals surface area contributed by atoms with Gasteiger partial charge in [-0.25, -0.2) is 14.4 Å². The van der Waals surface area contributed by atoms with Crippen LogP contribution < -0.4 is 17.0 Å². The van der Waals surface area contributed by atoms with Crippen molar-refractivity contribution in [3.05, 3.63) is 16.7 Å². The summed E-state index contributed by atoms with van der Waals surface area (Å²) < 4.78 is 34.6. The molecule has 0 aromatic carbocycles. The number of nitrogens with two attached hydrogens (primary N) is 2. The molecule has 0 amide bonds. The van der Waals surface area contributed by atoms with Crippen molar-refractivity contribution in [3.63, 3.8) is 0 Å². The quantitative estimate of drug-likeness (QED) is 0.116. The van der Waals surface area contributed by atoms with Gasteiger partial charge >= 0.3 is 0 Å². The summed E-state index contributed by atoms with van der Waals surface area (Å²) in [6.45, 7) is -4.32. The Bertz CT molecular complexity index is 1700. The number of aliphatic hydroxyl groups is 2. The highest BCUT2D eigenvalue weighted by Crippen LogP contribution is 2.57. The van der Waals surface area contributed by atoms with Gasteiger partial charge in [-0.15, -0.1) is 10.2 Å². The Morgan fingerprint density at radius 3 is 2.66 bits per heavy atom. The number of nitrogen functional groups attached to an aromatic ring is 2. The van der Waals surface area contributed by atoms with E-state index in [0.717, 1.165) is 9.36 Å². The molecular formula is C19H24FN12O7PS. The molecule has 0 aliphatic carbocycles. The third kappa shape index (κ3) is 4.83. The zero-order chi connectivity index (χ0) is 29.1. The van der Waals surface area contributed by atoms with E-state index < -0.39 is 54.6 Å². The lowest BCUT2D eigenvalue weighted by atomic mass is 10.1. The SMILES string of the molecule is Nc1nc2c(nnn2[C@@H]2O[C@H](CO)C[C@H]2P(O)(=S)OCC[C@H]2O[C@@H](n3nnc4c(N)ncnc43)[C@@H](F)[C@@H]2O)c(=O)[nH]1. The highest BCUT2D eigenvalue weighted by Gasteiger charge is 2.48. The second kappa shape index (κ2) is 10.5. The number of aromatic nitrogens is 10. The van der Waals surface area contributed by atoms with Crippen LogP contribution in [0.1, 0.15) is 25.3 Å². The molecule has 6 heterocycles. The molecule has 0 spiro atoms. The first kappa shape index (κ1) is 27.8. The average Bonchev–Trinajstić information content (AvgIpc) is 3.70. The smallest absolute Gasteiger partial charge is 0.282 e. The van der Waals surface area contributed by atoms with E-state index in [9.17, 15) is 19.9 Å². The molecule has 4 aromatic rings. The van der Waals surface area contributed by atoms with Gasteiger partial charge in [-0.3, -0.25) is 9.78 Å². The summed E-state index contributed by atoms with van der Waals surface area (Å²) in [4.78, 5) is 37.6. The molecule has 2 aliphatic heterocycles. The van der Waals surface area contributed by atoms with Crippen LogP contribution in [0.2, 0.25) is 0 Å². The van der Waals surface area contributed by atoms with Gasteiger partial charge < -0.3 is 40.6 Å². The molecule has 2 saturated heterocycles. The Balaban J connectivity index is 1.16. The number of hydrogen-bond donors (Lipinski definition) is 6. The number of H-pyrrole nitrogens is 1. The standard InChI is InChI=1S/C19H24FN12O7PS/c20-9-12(34)7(39-18(9)31-14-10(27-29-31)13(21)23-5-24-14)1-2-37-40(36,41)8-3-6(4-33)38-17(8)32-15-11(28-30-32)16(35)26-19(22)25-15/h5-9,12,17-18,33-34H,1-4H2,(H,36,41)(H2,21,23,24)(H3,22,25,26,35)/t6-,7+,8+,9-,12+,17+,18+,40?/m0/s1. The molecule has 41 heavy (non-hydrogen) atoms. The van der Waals surface area contributed by atoms with Crippen molar-refractivity contribution in [1.82, 2.24) is 49.9 Å². The fourth-order valence-corrected chi connectivity index (χ4v) is 7.25. The first-order valence-electron chi connectivity index (χ1n) is 12.2. The monoisotopic (exact) mass is 614 g/mol. The first-order chi connectivity index (χ1) is 19.6. The van der Waals surface area contributed by atoms with E-state index in [1.54, 1.807) is 0 Å². The number of aromatic amines is 1. The normalized spacial score (nSPS) is 29.9. The predicted molar refractivity (Wildman–Crippen MR) is 139 cm³/mol. The molecule has 19 nitrogen and oxygen atoms in total. The minimum atomic E-state index is -3.71. The Morgan fingerprint density at radius 1 is 1.17 bits per heavy atom. The molecule has 0 bridgehead atoms. The van der Waals surface area contributed by atoms with Gasteiger partial charge in [0.05, 0.1) is 31.1 Å². The lowest BCUT2D eigenvalue weighted by Gasteiger charge is -2.27. The van der Waals surface area contributed by atoms with Crippen molar-refractivity contribution in [2.24, 2.45) is 0 Å². The zero-order valence-corrected chi connectivity index (χ0v) is 22.5. The molecule has 2 fully saturated rings. The largest absolute Gasteiger partial charge is 0.394 e. The van der Waals surface area contributed by atoms with E-state index in [-0.39, 0.29) is 60.1 Å². The zero-order valence-electron chi connectivity index (χ0n) is 20.8. The van der Waals surface area contributed by atoms with Crippen molar-refractivity contribution < 1.29 is 33.5 Å². The molecule has 2 aliphatic rings. The summed E-state index contributed by atoms with van der Waals surface area (Å²) in [5.41, 5.74) is 10.1. The fraction of sp³-hybridized carbons (Fsp3) is 0.579. The minimum Gasteiger partial charge on any atom is -0.394 e. The number of aliphatic hydroxyl groups excluding tert-OH is 2. The number of rotatable bonds is 8. The highest BCUT2D eigenvalue weighted by molar-refractivity contribution is 8.09. The van der Waals surface area contributed by atoms with Crippen LogP contribution in [0.15, 0.2) is 11.1 Å². The molecular weight excluding hydrogens is 590 g/mol. The van der Waals surface area contributed by atoms with Crippen LogP contribution in [-0.4, -0.2) is 108 Å². The Morgan fingerprint density at radius 2 is 1.90 bits per heavy atom. The van der Waals surface area contributed by atoms with Crippen LogP contribution in [0.5, 0.6) is 0 Å². The molecule has 1 unspecified atom stereocenters. The number of fused-ring (bicyclic) bond motifs is 2. The molecule has 8 N–H and O–H groups in total. The van der Waals surface area contributed by atoms with Crippen molar-refractivity contribution in [1.29, 1.82) is 0 Å². The molecule has 4 aromatic heterocycles. The average molecular weight is 615 g/mol. The topological polar surface area (TPSA) is 273 Å². The maximum atomic E-state index is 15.1. The van der Waals surface area contributed by atoms with E-state index in [1.165, 1.54) is 6.33 Å². The summed E-state index contributed by atoms with van der Waals surface area (Å²) >= 11 is 5.46. The molecule has 0 radical (unpaired) electrons. The van der Waals surface area contributed by atoms with Gasteiger partial charge in [0.2, 0.25) is 5.95 Å². The molecule has 220 valence electrons. The summed E-state index contributed by atoms with van der Waals surface area (Å²) in [6.07, 6.45) is -6.47. The first-order valence-corrected chi connectivity index (χ1v) is 15.0. The van der Waals surface area contributed by atoms with Crippen LogP contribution in [0, 0.1) is 0 Å². The number of anilines is 2. The van der Waals surface area contributed by atoms with Crippen molar-refractivity contribution >= 4 is 52.4 Å². The van der Waals surface area contributed by atoms with Gasteiger partial charge in [0.1, 0.15) is 12.4 Å². The Kier molecular flexibility index (Phi) is 7.14. The number of alkyl halides is 1. The van der Waals surface area contributed by atoms with E-state index in [2.05, 4.69) is 40.6 Å². The minimum absolute atomic E-state index is 0.00925. The van der Waals surface area contributed by atoms with Gasteiger partial charge in [0.25, 0.3) is 5.56 Å². The second-order valence-electron chi connectivity index (χ2n) is 9.44. The number of nitrogens with zero attached hydrogens (tertiary/aromatic N) is 9. The number of hydrogen-bond acceptors (Lipinski definition) is 16. The summed E-state index contributed by atoms with van der Waals surface area (Å²) in [5.74, 6) is -0.134. The third-order valence-electron chi connectivity index (χ3n) is 6.88. The van der Waals surface area contributed by atoms with Crippen LogP contribution in [0.3, 0.4) is 0 Å². The van der Waals surface area contributed by atoms with E-state index in [0.29, 0.717) is 0 Å². The second-order valence-corrected chi connectivity index (χ2v) is 13.1. The maximum absolute atomic E-state index is 15.1. The van der Waals surface area contributed by atoms with Crippen LogP contribution in [0.25, 0.3) is 22.3 Å². The number of halogens is 1. The molecule has 6 rings (SSSR count). The molecule has 8 atom stereocenters.